The smallest absolute Gasteiger partial charge is 0.193 e. The van der Waals surface area contributed by atoms with Crippen LogP contribution < -0.4 is 0 Å². The largest absolute Gasteiger partial charge is 0.402 e. The summed E-state index contributed by atoms with van der Waals surface area (Å²) < 4.78 is 6.40. The van der Waals surface area contributed by atoms with E-state index in [1.54, 1.807) is 19.9 Å². The van der Waals surface area contributed by atoms with Gasteiger partial charge >= 0.3 is 0 Å². The van der Waals surface area contributed by atoms with Crippen molar-refractivity contribution < 1.29 is 14.3 Å². The van der Waals surface area contributed by atoms with Crippen molar-refractivity contribution in [3.8, 4) is 0 Å². The van der Waals surface area contributed by atoms with Crippen LogP contribution in [0, 0.1) is 5.92 Å². The molecule has 20 heavy (non-hydrogen) atoms. The Bertz CT molecular complexity index is 418. The van der Waals surface area contributed by atoms with Crippen molar-refractivity contribution in [1.29, 1.82) is 0 Å². The number of carbonyl (C=O) groups is 1. The average Bonchev–Trinajstić information content (AvgIpc) is 2.30. The fraction of sp³-hybridized carbons (Fsp3) is 0.812. The molecule has 1 aliphatic rings. The first-order valence-corrected chi connectivity index (χ1v) is 10.3. The first-order chi connectivity index (χ1) is 8.76. The molecule has 0 spiro atoms. The summed E-state index contributed by atoms with van der Waals surface area (Å²) in [6.45, 7) is 16.1. The monoisotopic (exact) mass is 298 g/mol. The van der Waals surface area contributed by atoms with Crippen LogP contribution in [0.5, 0.6) is 0 Å². The van der Waals surface area contributed by atoms with E-state index in [1.807, 2.05) is 13.0 Å². The minimum Gasteiger partial charge on any atom is -0.402 e. The summed E-state index contributed by atoms with van der Waals surface area (Å²) in [5.74, 6) is -0.156. The number of aliphatic hydroxyl groups is 1. The second-order valence-electron chi connectivity index (χ2n) is 7.95. The quantitative estimate of drug-likeness (QED) is 0.791. The highest BCUT2D eigenvalue weighted by molar-refractivity contribution is 6.74. The number of hydrogen-bond donors (Lipinski definition) is 1. The predicted molar refractivity (Wildman–Crippen MR) is 85.2 cm³/mol. The van der Waals surface area contributed by atoms with Gasteiger partial charge in [-0.1, -0.05) is 33.8 Å². The van der Waals surface area contributed by atoms with Gasteiger partial charge in [-0.05, 0) is 50.4 Å². The van der Waals surface area contributed by atoms with Crippen molar-refractivity contribution in [3.63, 3.8) is 0 Å². The van der Waals surface area contributed by atoms with Crippen molar-refractivity contribution in [2.24, 2.45) is 5.92 Å². The van der Waals surface area contributed by atoms with Gasteiger partial charge in [-0.25, -0.2) is 0 Å². The molecular formula is C16H30O3Si. The van der Waals surface area contributed by atoms with Crippen LogP contribution in [-0.4, -0.2) is 30.4 Å². The normalized spacial score (nSPS) is 36.0. The van der Waals surface area contributed by atoms with Gasteiger partial charge in [0, 0.05) is 0 Å². The summed E-state index contributed by atoms with van der Waals surface area (Å²) in [5, 5.41) is 11.0. The predicted octanol–water partition coefficient (Wildman–Crippen LogP) is 3.68. The lowest BCUT2D eigenvalue weighted by Gasteiger charge is -2.50. The van der Waals surface area contributed by atoms with Gasteiger partial charge in [0.1, 0.15) is 5.60 Å². The Morgan fingerprint density at radius 2 is 1.85 bits per heavy atom. The molecule has 0 aromatic heterocycles. The molecule has 0 aromatic carbocycles. The van der Waals surface area contributed by atoms with Crippen LogP contribution in [-0.2, 0) is 9.22 Å². The molecule has 0 radical (unpaired) electrons. The Hall–Kier alpha value is -0.453. The molecule has 3 nitrogen and oxygen atoms in total. The molecule has 0 amide bonds. The van der Waals surface area contributed by atoms with E-state index < -0.39 is 19.5 Å². The standard InChI is InChI=1S/C16H30O3Si/c1-12-10-9-11-13(17)16(6,15(12,5)18)19-20(7,8)14(2,3)4/h9,11-12,18H,10H2,1-8H3/t12-,15-,16-/m0/s1. The maximum atomic E-state index is 12.6. The van der Waals surface area contributed by atoms with E-state index in [9.17, 15) is 9.90 Å². The lowest BCUT2D eigenvalue weighted by Crippen LogP contribution is -2.64. The molecule has 1 N–H and O–H groups in total. The molecule has 116 valence electrons. The van der Waals surface area contributed by atoms with Crippen molar-refractivity contribution in [2.75, 3.05) is 0 Å². The van der Waals surface area contributed by atoms with Crippen LogP contribution in [0.15, 0.2) is 12.2 Å². The van der Waals surface area contributed by atoms with Gasteiger partial charge in [-0.3, -0.25) is 4.79 Å². The molecule has 0 aliphatic heterocycles. The fourth-order valence-corrected chi connectivity index (χ4v) is 3.94. The van der Waals surface area contributed by atoms with Crippen LogP contribution in [0.3, 0.4) is 0 Å². The van der Waals surface area contributed by atoms with E-state index in [1.165, 1.54) is 0 Å². The Labute approximate surface area is 124 Å². The first kappa shape index (κ1) is 17.6. The molecule has 0 unspecified atom stereocenters. The maximum absolute atomic E-state index is 12.6. The second kappa shape index (κ2) is 5.07. The van der Waals surface area contributed by atoms with E-state index in [0.29, 0.717) is 6.42 Å². The van der Waals surface area contributed by atoms with Crippen molar-refractivity contribution in [2.45, 2.75) is 77.3 Å². The van der Waals surface area contributed by atoms with E-state index in [2.05, 4.69) is 33.9 Å². The summed E-state index contributed by atoms with van der Waals surface area (Å²) in [4.78, 5) is 12.6. The van der Waals surface area contributed by atoms with E-state index in [0.717, 1.165) is 0 Å². The van der Waals surface area contributed by atoms with Crippen LogP contribution in [0.4, 0.5) is 0 Å². The highest BCUT2D eigenvalue weighted by Crippen LogP contribution is 2.45. The molecule has 1 aliphatic carbocycles. The number of ketones is 1. The molecule has 0 fully saturated rings. The molecule has 3 atom stereocenters. The van der Waals surface area contributed by atoms with E-state index >= 15 is 0 Å². The second-order valence-corrected chi connectivity index (χ2v) is 12.7. The van der Waals surface area contributed by atoms with Gasteiger partial charge in [-0.15, -0.1) is 0 Å². The van der Waals surface area contributed by atoms with Gasteiger partial charge in [0.05, 0.1) is 5.60 Å². The van der Waals surface area contributed by atoms with Gasteiger partial charge in [0.25, 0.3) is 0 Å². The van der Waals surface area contributed by atoms with Crippen LogP contribution in [0.2, 0.25) is 18.1 Å². The minimum atomic E-state index is -2.16. The molecule has 0 saturated carbocycles. The molecule has 0 saturated heterocycles. The zero-order chi connectivity index (χ0) is 16.0. The molecular weight excluding hydrogens is 268 g/mol. The zero-order valence-electron chi connectivity index (χ0n) is 14.2. The van der Waals surface area contributed by atoms with Gasteiger partial charge in [0.2, 0.25) is 0 Å². The minimum absolute atomic E-state index is 0.00831. The summed E-state index contributed by atoms with van der Waals surface area (Å²) in [6.07, 6.45) is 4.11. The van der Waals surface area contributed by atoms with Crippen molar-refractivity contribution in [3.05, 3.63) is 12.2 Å². The molecule has 0 heterocycles. The van der Waals surface area contributed by atoms with Crippen molar-refractivity contribution in [1.82, 2.24) is 0 Å². The highest BCUT2D eigenvalue weighted by Gasteiger charge is 2.56. The van der Waals surface area contributed by atoms with Gasteiger partial charge < -0.3 is 9.53 Å². The van der Waals surface area contributed by atoms with Gasteiger partial charge in [-0.2, -0.15) is 0 Å². The topological polar surface area (TPSA) is 46.5 Å². The SMILES string of the molecule is C[C@H]1CC=CC(=O)[C@](C)(O[Si](C)(C)C(C)(C)C)[C@@]1(C)O. The lowest BCUT2D eigenvalue weighted by atomic mass is 9.75. The van der Waals surface area contributed by atoms with E-state index in [-0.39, 0.29) is 16.7 Å². The first-order valence-electron chi connectivity index (χ1n) is 7.39. The number of carbonyl (C=O) groups excluding carboxylic acids is 1. The van der Waals surface area contributed by atoms with E-state index in [4.69, 9.17) is 4.43 Å². The Kier molecular flexibility index (Phi) is 4.46. The third kappa shape index (κ3) is 2.78. The molecule has 4 heteroatoms. The van der Waals surface area contributed by atoms with Crippen molar-refractivity contribution >= 4 is 14.1 Å². The number of hydrogen-bond acceptors (Lipinski definition) is 3. The molecule has 0 bridgehead atoms. The third-order valence-corrected chi connectivity index (χ3v) is 9.95. The van der Waals surface area contributed by atoms with Crippen LogP contribution in [0.25, 0.3) is 0 Å². The third-order valence-electron chi connectivity index (χ3n) is 5.42. The Balaban J connectivity index is 3.28. The summed E-state index contributed by atoms with van der Waals surface area (Å²) >= 11 is 0. The zero-order valence-corrected chi connectivity index (χ0v) is 15.2. The Morgan fingerprint density at radius 3 is 2.30 bits per heavy atom. The van der Waals surface area contributed by atoms with Crippen LogP contribution in [0.1, 0.15) is 48.0 Å². The highest BCUT2D eigenvalue weighted by atomic mass is 28.4. The van der Waals surface area contributed by atoms with Gasteiger partial charge in [0.15, 0.2) is 14.1 Å². The average molecular weight is 298 g/mol. The summed E-state index contributed by atoms with van der Waals surface area (Å²) in [5.41, 5.74) is -2.36. The maximum Gasteiger partial charge on any atom is 0.193 e. The molecule has 1 rings (SSSR count). The summed E-state index contributed by atoms with van der Waals surface area (Å²) in [6, 6.07) is 0. The van der Waals surface area contributed by atoms with Crippen LogP contribution >= 0.6 is 0 Å². The number of allylic oxidation sites excluding steroid dienone is 1. The summed E-state index contributed by atoms with van der Waals surface area (Å²) in [7, 11) is -2.16. The number of rotatable bonds is 2. The molecule has 0 aromatic rings. The Morgan fingerprint density at radius 1 is 1.35 bits per heavy atom. The lowest BCUT2D eigenvalue weighted by molar-refractivity contribution is -0.166. The fourth-order valence-electron chi connectivity index (χ4n) is 2.30.